The molecule has 0 heterocycles. The maximum Gasteiger partial charge on any atom is 0.417 e. The zero-order valence-electron chi connectivity index (χ0n) is 11.5. The summed E-state index contributed by atoms with van der Waals surface area (Å²) in [6, 6.07) is 10.2. The van der Waals surface area contributed by atoms with Crippen LogP contribution in [-0.4, -0.2) is 5.91 Å². The number of benzene rings is 2. The van der Waals surface area contributed by atoms with E-state index in [9.17, 15) is 18.0 Å². The first-order valence-corrected chi connectivity index (χ1v) is 6.65. The van der Waals surface area contributed by atoms with Crippen LogP contribution in [0, 0.1) is 0 Å². The molecular weight excluding hydrogens is 317 g/mol. The molecule has 22 heavy (non-hydrogen) atoms. The van der Waals surface area contributed by atoms with Crippen molar-refractivity contribution in [3.8, 4) is 0 Å². The second kappa shape index (κ2) is 6.27. The summed E-state index contributed by atoms with van der Waals surface area (Å²) in [4.78, 5) is 10.9. The molecule has 0 aliphatic heterocycles. The van der Waals surface area contributed by atoms with Gasteiger partial charge in [0, 0.05) is 24.0 Å². The third kappa shape index (κ3) is 4.14. The van der Waals surface area contributed by atoms with Crippen molar-refractivity contribution < 1.29 is 18.0 Å². The van der Waals surface area contributed by atoms with Crippen molar-refractivity contribution in [3.05, 3.63) is 53.1 Å². The fraction of sp³-hybridized carbons (Fsp3) is 0.133. The largest absolute Gasteiger partial charge is 0.417 e. The van der Waals surface area contributed by atoms with Crippen molar-refractivity contribution in [3.63, 3.8) is 0 Å². The topological polar surface area (TPSA) is 41.1 Å². The summed E-state index contributed by atoms with van der Waals surface area (Å²) in [5, 5.41) is 5.10. The molecule has 2 rings (SSSR count). The van der Waals surface area contributed by atoms with Crippen LogP contribution in [0.15, 0.2) is 42.5 Å². The highest BCUT2D eigenvalue weighted by Crippen LogP contribution is 2.36. The molecule has 0 aliphatic carbocycles. The molecule has 116 valence electrons. The minimum atomic E-state index is -4.51. The van der Waals surface area contributed by atoms with Crippen molar-refractivity contribution in [1.29, 1.82) is 0 Å². The minimum absolute atomic E-state index is 0.201. The zero-order valence-corrected chi connectivity index (χ0v) is 12.2. The van der Waals surface area contributed by atoms with Crippen LogP contribution in [-0.2, 0) is 11.0 Å². The van der Waals surface area contributed by atoms with E-state index in [1.165, 1.54) is 19.1 Å². The first kappa shape index (κ1) is 16.2. The molecule has 0 spiro atoms. The summed E-state index contributed by atoms with van der Waals surface area (Å²) in [5.41, 5.74) is 0.563. The molecule has 2 N–H and O–H groups in total. The van der Waals surface area contributed by atoms with Gasteiger partial charge in [0.2, 0.25) is 5.91 Å². The number of anilines is 3. The standard InChI is InChI=1S/C15H12ClF3N2O/c1-9(22)20-10-2-4-11(5-3-10)21-12-6-7-14(16)13(8-12)15(17,18)19/h2-8,21H,1H3,(H,20,22). The zero-order chi connectivity index (χ0) is 16.3. The lowest BCUT2D eigenvalue weighted by molar-refractivity contribution is -0.137. The molecule has 0 aromatic heterocycles. The van der Waals surface area contributed by atoms with Gasteiger partial charge in [0.25, 0.3) is 0 Å². The predicted octanol–water partition coefficient (Wildman–Crippen LogP) is 5.06. The molecule has 1 amide bonds. The van der Waals surface area contributed by atoms with Crippen molar-refractivity contribution in [2.24, 2.45) is 0 Å². The Morgan fingerprint density at radius 2 is 1.55 bits per heavy atom. The van der Waals surface area contributed by atoms with E-state index < -0.39 is 11.7 Å². The highest BCUT2D eigenvalue weighted by atomic mass is 35.5. The van der Waals surface area contributed by atoms with Gasteiger partial charge in [-0.05, 0) is 42.5 Å². The third-order valence-corrected chi connectivity index (χ3v) is 3.10. The van der Waals surface area contributed by atoms with Crippen LogP contribution in [0.3, 0.4) is 0 Å². The summed E-state index contributed by atoms with van der Waals surface area (Å²) in [5.74, 6) is -0.201. The van der Waals surface area contributed by atoms with Gasteiger partial charge < -0.3 is 10.6 Å². The van der Waals surface area contributed by atoms with Gasteiger partial charge in [-0.1, -0.05) is 11.6 Å². The van der Waals surface area contributed by atoms with Crippen molar-refractivity contribution in [2.75, 3.05) is 10.6 Å². The first-order valence-electron chi connectivity index (χ1n) is 6.27. The maximum atomic E-state index is 12.8. The number of amides is 1. The Kier molecular flexibility index (Phi) is 4.61. The Balaban J connectivity index is 2.19. The summed E-state index contributed by atoms with van der Waals surface area (Å²) < 4.78 is 38.4. The smallest absolute Gasteiger partial charge is 0.356 e. The van der Waals surface area contributed by atoms with E-state index in [-0.39, 0.29) is 16.6 Å². The van der Waals surface area contributed by atoms with E-state index in [0.29, 0.717) is 11.4 Å². The predicted molar refractivity (Wildman–Crippen MR) is 80.5 cm³/mol. The summed E-state index contributed by atoms with van der Waals surface area (Å²) in [6.45, 7) is 1.39. The molecule has 0 bridgehead atoms. The summed E-state index contributed by atoms with van der Waals surface area (Å²) >= 11 is 5.57. The average Bonchev–Trinajstić information content (AvgIpc) is 2.41. The number of nitrogens with one attached hydrogen (secondary N) is 2. The monoisotopic (exact) mass is 328 g/mol. The Morgan fingerprint density at radius 1 is 1.00 bits per heavy atom. The number of halogens is 4. The second-order valence-corrected chi connectivity index (χ2v) is 4.98. The quantitative estimate of drug-likeness (QED) is 0.826. The fourth-order valence-corrected chi connectivity index (χ4v) is 2.05. The lowest BCUT2D eigenvalue weighted by atomic mass is 10.2. The maximum absolute atomic E-state index is 12.8. The van der Waals surface area contributed by atoms with E-state index in [0.717, 1.165) is 6.07 Å². The van der Waals surface area contributed by atoms with Crippen LogP contribution in [0.4, 0.5) is 30.2 Å². The van der Waals surface area contributed by atoms with E-state index in [1.807, 2.05) is 0 Å². The van der Waals surface area contributed by atoms with Gasteiger partial charge in [-0.15, -0.1) is 0 Å². The van der Waals surface area contributed by atoms with Crippen molar-refractivity contribution >= 4 is 34.6 Å². The number of rotatable bonds is 3. The molecule has 0 aliphatic rings. The van der Waals surface area contributed by atoms with Crippen molar-refractivity contribution in [2.45, 2.75) is 13.1 Å². The molecule has 0 radical (unpaired) electrons. The lowest BCUT2D eigenvalue weighted by Gasteiger charge is -2.12. The van der Waals surface area contributed by atoms with Crippen LogP contribution in [0.5, 0.6) is 0 Å². The molecule has 0 atom stereocenters. The van der Waals surface area contributed by atoms with E-state index >= 15 is 0 Å². The van der Waals surface area contributed by atoms with Gasteiger partial charge in [-0.25, -0.2) is 0 Å². The molecular formula is C15H12ClF3N2O. The first-order chi connectivity index (χ1) is 10.3. The second-order valence-electron chi connectivity index (χ2n) is 4.58. The highest BCUT2D eigenvalue weighted by molar-refractivity contribution is 6.31. The average molecular weight is 329 g/mol. The fourth-order valence-electron chi connectivity index (χ4n) is 1.83. The Labute approximate surface area is 130 Å². The Morgan fingerprint density at radius 3 is 2.09 bits per heavy atom. The molecule has 2 aromatic carbocycles. The lowest BCUT2D eigenvalue weighted by Crippen LogP contribution is -2.06. The van der Waals surface area contributed by atoms with Crippen LogP contribution in [0.1, 0.15) is 12.5 Å². The SMILES string of the molecule is CC(=O)Nc1ccc(Nc2ccc(Cl)c(C(F)(F)F)c2)cc1. The summed E-state index contributed by atoms with van der Waals surface area (Å²) in [6.07, 6.45) is -4.51. The molecule has 3 nitrogen and oxygen atoms in total. The molecule has 0 saturated heterocycles. The van der Waals surface area contributed by atoms with E-state index in [4.69, 9.17) is 11.6 Å². The van der Waals surface area contributed by atoms with E-state index in [2.05, 4.69) is 10.6 Å². The van der Waals surface area contributed by atoms with Gasteiger partial charge in [0.1, 0.15) is 0 Å². The molecule has 0 saturated carbocycles. The molecule has 2 aromatic rings. The normalized spacial score (nSPS) is 11.1. The Bertz CT molecular complexity index is 684. The van der Waals surface area contributed by atoms with E-state index in [1.54, 1.807) is 24.3 Å². The van der Waals surface area contributed by atoms with Crippen LogP contribution < -0.4 is 10.6 Å². The molecule has 7 heteroatoms. The highest BCUT2D eigenvalue weighted by Gasteiger charge is 2.33. The number of hydrogen-bond acceptors (Lipinski definition) is 2. The van der Waals surface area contributed by atoms with Gasteiger partial charge in [0.05, 0.1) is 10.6 Å². The molecule has 0 unspecified atom stereocenters. The Hall–Kier alpha value is -2.21. The number of carbonyl (C=O) groups excluding carboxylic acids is 1. The number of alkyl halides is 3. The number of carbonyl (C=O) groups is 1. The van der Waals surface area contributed by atoms with Crippen LogP contribution in [0.2, 0.25) is 5.02 Å². The number of hydrogen-bond donors (Lipinski definition) is 2. The van der Waals surface area contributed by atoms with Gasteiger partial charge in [0.15, 0.2) is 0 Å². The third-order valence-electron chi connectivity index (χ3n) is 2.77. The van der Waals surface area contributed by atoms with Crippen LogP contribution in [0.25, 0.3) is 0 Å². The van der Waals surface area contributed by atoms with Crippen molar-refractivity contribution in [1.82, 2.24) is 0 Å². The molecule has 0 fully saturated rings. The van der Waals surface area contributed by atoms with Gasteiger partial charge >= 0.3 is 6.18 Å². The minimum Gasteiger partial charge on any atom is -0.356 e. The summed E-state index contributed by atoms with van der Waals surface area (Å²) in [7, 11) is 0. The van der Waals surface area contributed by atoms with Crippen LogP contribution >= 0.6 is 11.6 Å². The van der Waals surface area contributed by atoms with Gasteiger partial charge in [-0.2, -0.15) is 13.2 Å². The van der Waals surface area contributed by atoms with Gasteiger partial charge in [-0.3, -0.25) is 4.79 Å².